The second kappa shape index (κ2) is 8.44. The van der Waals surface area contributed by atoms with Gasteiger partial charge in [0.1, 0.15) is 12.2 Å². The maximum absolute atomic E-state index is 12.4. The number of nitrogens with zero attached hydrogens (tertiary/aromatic N) is 1. The predicted molar refractivity (Wildman–Crippen MR) is 105 cm³/mol. The molecule has 0 aliphatic heterocycles. The molecule has 1 aliphatic rings. The summed E-state index contributed by atoms with van der Waals surface area (Å²) in [6.45, 7) is 1.40. The number of ether oxygens (including phenoxy) is 2. The summed E-state index contributed by atoms with van der Waals surface area (Å²) in [6, 6.07) is 8.00. The number of carbonyl (C=O) groups is 1. The van der Waals surface area contributed by atoms with Gasteiger partial charge in [0.25, 0.3) is 0 Å². The number of carbonyl (C=O) groups excluding carboxylic acids is 1. The van der Waals surface area contributed by atoms with Gasteiger partial charge in [0, 0.05) is 36.9 Å². The third-order valence-corrected chi connectivity index (χ3v) is 5.04. The Morgan fingerprint density at radius 3 is 2.86 bits per heavy atom. The number of hydrogen-bond donors (Lipinski definition) is 1. The molecule has 1 aromatic carbocycles. The molecule has 4 rings (SSSR count). The Labute approximate surface area is 163 Å². The highest BCUT2D eigenvalue weighted by Gasteiger charge is 2.16. The summed E-state index contributed by atoms with van der Waals surface area (Å²) in [5.41, 5.74) is 5.48. The van der Waals surface area contributed by atoms with Crippen LogP contribution >= 0.6 is 0 Å². The minimum atomic E-state index is -0.0383. The van der Waals surface area contributed by atoms with Gasteiger partial charge in [-0.3, -0.25) is 4.79 Å². The van der Waals surface area contributed by atoms with Gasteiger partial charge in [0.15, 0.2) is 0 Å². The van der Waals surface area contributed by atoms with E-state index in [0.717, 1.165) is 34.9 Å². The smallest absolute Gasteiger partial charge is 0.224 e. The van der Waals surface area contributed by atoms with Crippen molar-refractivity contribution in [1.29, 1.82) is 0 Å². The Morgan fingerprint density at radius 1 is 1.21 bits per heavy atom. The van der Waals surface area contributed by atoms with Crippen LogP contribution in [-0.2, 0) is 35.3 Å². The fourth-order valence-electron chi connectivity index (χ4n) is 3.55. The Kier molecular flexibility index (Phi) is 5.58. The quantitative estimate of drug-likeness (QED) is 0.608. The van der Waals surface area contributed by atoms with E-state index in [2.05, 4.69) is 22.4 Å². The molecule has 0 atom stereocenters. The minimum Gasteiger partial charge on any atom is -0.475 e. The highest BCUT2D eigenvalue weighted by Crippen LogP contribution is 2.30. The van der Waals surface area contributed by atoms with Gasteiger partial charge in [-0.05, 0) is 48.1 Å². The zero-order chi connectivity index (χ0) is 19.3. The highest BCUT2D eigenvalue weighted by atomic mass is 16.5. The zero-order valence-electron chi connectivity index (χ0n) is 16.0. The largest absolute Gasteiger partial charge is 0.475 e. The maximum Gasteiger partial charge on any atom is 0.224 e. The Hall–Kier alpha value is -2.86. The van der Waals surface area contributed by atoms with Gasteiger partial charge in [-0.15, -0.1) is 0 Å². The third kappa shape index (κ3) is 4.17. The molecule has 6 nitrogen and oxygen atoms in total. The van der Waals surface area contributed by atoms with Crippen LogP contribution in [0.2, 0.25) is 0 Å². The average Bonchev–Trinajstić information content (AvgIpc) is 3.32. The topological polar surface area (TPSA) is 73.6 Å². The van der Waals surface area contributed by atoms with Crippen molar-refractivity contribution < 1.29 is 18.7 Å². The molecule has 0 saturated carbocycles. The minimum absolute atomic E-state index is 0.0383. The van der Waals surface area contributed by atoms with Crippen molar-refractivity contribution in [3.63, 3.8) is 0 Å². The standard InChI is InChI=1S/C22H24N2O4/c1-26-7-8-27-22-6-5-15(13-24-22)12-23-21(25)11-18-14-28-20-10-17-4-2-3-16(17)9-19(18)20/h5-6,9-10,13-14H,2-4,7-8,11-12H2,1H3,(H,23,25). The van der Waals surface area contributed by atoms with Crippen LogP contribution in [0.5, 0.6) is 5.88 Å². The summed E-state index contributed by atoms with van der Waals surface area (Å²) in [7, 11) is 1.63. The van der Waals surface area contributed by atoms with Crippen molar-refractivity contribution in [3.05, 3.63) is 59.0 Å². The van der Waals surface area contributed by atoms with E-state index in [1.165, 1.54) is 17.5 Å². The van der Waals surface area contributed by atoms with E-state index in [0.29, 0.717) is 32.1 Å². The number of hydrogen-bond acceptors (Lipinski definition) is 5. The number of fused-ring (bicyclic) bond motifs is 2. The summed E-state index contributed by atoms with van der Waals surface area (Å²) in [5, 5.41) is 4.00. The normalized spacial score (nSPS) is 12.9. The van der Waals surface area contributed by atoms with Crippen molar-refractivity contribution in [2.24, 2.45) is 0 Å². The van der Waals surface area contributed by atoms with Gasteiger partial charge in [-0.25, -0.2) is 4.98 Å². The lowest BCUT2D eigenvalue weighted by atomic mass is 10.0. The first-order chi connectivity index (χ1) is 13.7. The van der Waals surface area contributed by atoms with Crippen LogP contribution in [0, 0.1) is 0 Å². The average molecular weight is 380 g/mol. The first-order valence-corrected chi connectivity index (χ1v) is 9.58. The lowest BCUT2D eigenvalue weighted by Gasteiger charge is -2.07. The van der Waals surface area contributed by atoms with E-state index in [9.17, 15) is 4.79 Å². The molecule has 0 fully saturated rings. The molecule has 1 aliphatic carbocycles. The molecule has 0 saturated heterocycles. The Balaban J connectivity index is 1.33. The molecule has 3 aromatic rings. The van der Waals surface area contributed by atoms with Crippen LogP contribution in [0.4, 0.5) is 0 Å². The number of furan rings is 1. The first-order valence-electron chi connectivity index (χ1n) is 9.58. The molecular formula is C22H24N2O4. The van der Waals surface area contributed by atoms with Gasteiger partial charge in [-0.1, -0.05) is 6.07 Å². The van der Waals surface area contributed by atoms with Crippen molar-refractivity contribution in [1.82, 2.24) is 10.3 Å². The van der Waals surface area contributed by atoms with Crippen LogP contribution < -0.4 is 10.1 Å². The molecule has 0 spiro atoms. The van der Waals surface area contributed by atoms with Gasteiger partial charge < -0.3 is 19.2 Å². The van der Waals surface area contributed by atoms with Crippen molar-refractivity contribution in [2.75, 3.05) is 20.3 Å². The van der Waals surface area contributed by atoms with Gasteiger partial charge in [0.2, 0.25) is 11.8 Å². The van der Waals surface area contributed by atoms with Gasteiger partial charge >= 0.3 is 0 Å². The van der Waals surface area contributed by atoms with Crippen LogP contribution in [0.1, 0.15) is 28.7 Å². The lowest BCUT2D eigenvalue weighted by Crippen LogP contribution is -2.24. The number of aromatic nitrogens is 1. The second-order valence-corrected chi connectivity index (χ2v) is 7.03. The molecule has 0 radical (unpaired) electrons. The Morgan fingerprint density at radius 2 is 2.07 bits per heavy atom. The molecule has 1 amide bonds. The summed E-state index contributed by atoms with van der Waals surface area (Å²) in [4.78, 5) is 16.6. The second-order valence-electron chi connectivity index (χ2n) is 7.03. The van der Waals surface area contributed by atoms with E-state index < -0.39 is 0 Å². The number of pyridine rings is 1. The van der Waals surface area contributed by atoms with Gasteiger partial charge in [0.05, 0.1) is 19.3 Å². The lowest BCUT2D eigenvalue weighted by molar-refractivity contribution is -0.120. The number of aryl methyl sites for hydroxylation is 2. The van der Waals surface area contributed by atoms with E-state index in [1.54, 1.807) is 25.6 Å². The van der Waals surface area contributed by atoms with Crippen molar-refractivity contribution in [3.8, 4) is 5.88 Å². The highest BCUT2D eigenvalue weighted by molar-refractivity contribution is 5.88. The van der Waals surface area contributed by atoms with Crippen molar-refractivity contribution in [2.45, 2.75) is 32.2 Å². The number of methoxy groups -OCH3 is 1. The molecule has 28 heavy (non-hydrogen) atoms. The number of benzene rings is 1. The van der Waals surface area contributed by atoms with Crippen LogP contribution in [0.25, 0.3) is 11.0 Å². The zero-order valence-corrected chi connectivity index (χ0v) is 16.0. The first kappa shape index (κ1) is 18.5. The SMILES string of the molecule is COCCOc1ccc(CNC(=O)Cc2coc3cc4c(cc23)CCC4)cn1. The molecule has 1 N–H and O–H groups in total. The molecule has 146 valence electrons. The van der Waals surface area contributed by atoms with E-state index in [-0.39, 0.29) is 5.91 Å². The van der Waals surface area contributed by atoms with Crippen LogP contribution in [-0.4, -0.2) is 31.2 Å². The third-order valence-electron chi connectivity index (χ3n) is 5.04. The Bertz CT molecular complexity index is 963. The summed E-state index contributed by atoms with van der Waals surface area (Å²) in [6.07, 6.45) is 7.14. The van der Waals surface area contributed by atoms with E-state index in [4.69, 9.17) is 13.9 Å². The molecule has 6 heteroatoms. The van der Waals surface area contributed by atoms with E-state index in [1.807, 2.05) is 6.07 Å². The number of rotatable bonds is 8. The fourth-order valence-corrected chi connectivity index (χ4v) is 3.55. The fraction of sp³-hybridized carbons (Fsp3) is 0.364. The molecule has 2 aromatic heterocycles. The van der Waals surface area contributed by atoms with Gasteiger partial charge in [-0.2, -0.15) is 0 Å². The van der Waals surface area contributed by atoms with Crippen LogP contribution in [0.3, 0.4) is 0 Å². The molecule has 0 unspecified atom stereocenters. The number of amides is 1. The summed E-state index contributed by atoms with van der Waals surface area (Å²) >= 11 is 0. The van der Waals surface area contributed by atoms with Crippen LogP contribution in [0.15, 0.2) is 41.1 Å². The van der Waals surface area contributed by atoms with Crippen molar-refractivity contribution >= 4 is 16.9 Å². The van der Waals surface area contributed by atoms with E-state index >= 15 is 0 Å². The molecule has 2 heterocycles. The molecular weight excluding hydrogens is 356 g/mol. The predicted octanol–water partition coefficient (Wildman–Crippen LogP) is 3.20. The number of nitrogens with one attached hydrogen (secondary N) is 1. The summed E-state index contributed by atoms with van der Waals surface area (Å²) in [5.74, 6) is 0.508. The summed E-state index contributed by atoms with van der Waals surface area (Å²) < 4.78 is 16.1. The molecule has 0 bridgehead atoms. The monoisotopic (exact) mass is 380 g/mol. The maximum atomic E-state index is 12.4.